The fourth-order valence-electron chi connectivity index (χ4n) is 4.68. The van der Waals surface area contributed by atoms with E-state index in [1.165, 1.54) is 0 Å². The van der Waals surface area contributed by atoms with Gasteiger partial charge in [-0.3, -0.25) is 14.7 Å². The summed E-state index contributed by atoms with van der Waals surface area (Å²) in [4.78, 5) is 28.0. The van der Waals surface area contributed by atoms with Crippen molar-refractivity contribution in [1.82, 2.24) is 25.2 Å². The molecule has 3 N–H and O–H groups in total. The first-order valence-corrected chi connectivity index (χ1v) is 13.4. The monoisotopic (exact) mass is 524 g/mol. The summed E-state index contributed by atoms with van der Waals surface area (Å²) in [5, 5.41) is 3.43. The predicted octanol–water partition coefficient (Wildman–Crippen LogP) is 3.91. The van der Waals surface area contributed by atoms with E-state index in [0.29, 0.717) is 52.5 Å². The van der Waals surface area contributed by atoms with Gasteiger partial charge in [-0.1, -0.05) is 20.3 Å². The van der Waals surface area contributed by atoms with Gasteiger partial charge in [-0.15, -0.1) is 0 Å². The van der Waals surface area contributed by atoms with E-state index in [9.17, 15) is 9.18 Å². The maximum Gasteiger partial charge on any atom is 0.237 e. The molecule has 2 aromatic heterocycles. The number of rotatable bonds is 12. The summed E-state index contributed by atoms with van der Waals surface area (Å²) in [6.07, 6.45) is 7.38. The molecule has 10 heteroatoms. The Morgan fingerprint density at radius 3 is 2.79 bits per heavy atom. The number of nitrogens with zero attached hydrogens (tertiary/aromatic N) is 4. The number of ether oxygens (including phenoxy) is 2. The van der Waals surface area contributed by atoms with Gasteiger partial charge in [0.2, 0.25) is 5.91 Å². The molecule has 1 aliphatic heterocycles. The first-order chi connectivity index (χ1) is 18.5. The molecule has 3 heterocycles. The van der Waals surface area contributed by atoms with E-state index >= 15 is 0 Å². The van der Waals surface area contributed by atoms with Gasteiger partial charge in [0.1, 0.15) is 19.0 Å². The number of anilines is 1. The van der Waals surface area contributed by atoms with Crippen LogP contribution in [0.4, 0.5) is 10.1 Å². The van der Waals surface area contributed by atoms with E-state index in [2.05, 4.69) is 25.2 Å². The van der Waals surface area contributed by atoms with Crippen molar-refractivity contribution in [3.05, 3.63) is 42.6 Å². The van der Waals surface area contributed by atoms with Crippen LogP contribution in [-0.2, 0) is 16.1 Å². The molecule has 1 fully saturated rings. The summed E-state index contributed by atoms with van der Waals surface area (Å²) >= 11 is 0. The topological polar surface area (TPSA) is 115 Å². The second-order valence-corrected chi connectivity index (χ2v) is 9.51. The number of halogens is 1. The Morgan fingerprint density at radius 2 is 2.03 bits per heavy atom. The molecule has 4 rings (SSSR count). The third-order valence-electron chi connectivity index (χ3n) is 6.66. The molecule has 38 heavy (non-hydrogen) atoms. The van der Waals surface area contributed by atoms with E-state index in [1.807, 2.05) is 26.0 Å². The Kier molecular flexibility index (Phi) is 9.78. The smallest absolute Gasteiger partial charge is 0.237 e. The molecule has 0 radical (unpaired) electrons. The van der Waals surface area contributed by atoms with Crippen molar-refractivity contribution in [3.63, 3.8) is 0 Å². The summed E-state index contributed by atoms with van der Waals surface area (Å²) in [6, 6.07) is 5.26. The molecule has 0 aliphatic carbocycles. The summed E-state index contributed by atoms with van der Waals surface area (Å²) in [6.45, 7) is 6.40. The highest BCUT2D eigenvalue weighted by Gasteiger charge is 2.28. The number of piperidine rings is 1. The van der Waals surface area contributed by atoms with Crippen molar-refractivity contribution in [2.24, 2.45) is 0 Å². The number of benzene rings is 1. The van der Waals surface area contributed by atoms with Gasteiger partial charge in [0.05, 0.1) is 30.0 Å². The minimum absolute atomic E-state index is 0.122. The highest BCUT2D eigenvalue weighted by Crippen LogP contribution is 2.37. The summed E-state index contributed by atoms with van der Waals surface area (Å²) in [5.74, 6) is 0.895. The highest BCUT2D eigenvalue weighted by molar-refractivity contribution is 5.94. The summed E-state index contributed by atoms with van der Waals surface area (Å²) in [5.41, 5.74) is 8.56. The van der Waals surface area contributed by atoms with Crippen LogP contribution in [0.5, 0.6) is 5.75 Å². The maximum atomic E-state index is 15.0. The van der Waals surface area contributed by atoms with E-state index < -0.39 is 6.17 Å². The van der Waals surface area contributed by atoms with Gasteiger partial charge in [-0.2, -0.15) is 0 Å². The Labute approximate surface area is 223 Å². The average molecular weight is 525 g/mol. The second-order valence-electron chi connectivity index (χ2n) is 9.51. The largest absolute Gasteiger partial charge is 0.489 e. The van der Waals surface area contributed by atoms with E-state index in [0.717, 1.165) is 38.8 Å². The van der Waals surface area contributed by atoms with Crippen molar-refractivity contribution in [3.8, 4) is 16.9 Å². The standard InChI is InChI=1S/C28H37FN6O3/c1-3-11-37-18-26-32-13-19(14-33-26)22-8-9-24-23(12-21(30)16-31-24)27(22)38-17-20(29)15-34-28(36)25-7-5-6-10-35(25)4-2/h8-9,12-14,16,20,25H,3-7,10-11,15,17-18,30H2,1-2H3,(H,34,36)/t20?,25-/m0/s1. The minimum atomic E-state index is -1.40. The zero-order valence-electron chi connectivity index (χ0n) is 22.2. The molecule has 1 aromatic carbocycles. The Bertz CT molecular complexity index is 1210. The summed E-state index contributed by atoms with van der Waals surface area (Å²) in [7, 11) is 0. The molecular formula is C28H37FN6O3. The van der Waals surface area contributed by atoms with Crippen molar-refractivity contribution >= 4 is 22.5 Å². The fourth-order valence-corrected chi connectivity index (χ4v) is 4.68. The van der Waals surface area contributed by atoms with Gasteiger partial charge in [0.25, 0.3) is 0 Å². The quantitative estimate of drug-likeness (QED) is 0.343. The number of amides is 1. The molecule has 9 nitrogen and oxygen atoms in total. The lowest BCUT2D eigenvalue weighted by atomic mass is 10.0. The first-order valence-electron chi connectivity index (χ1n) is 13.4. The number of nitrogens with one attached hydrogen (secondary N) is 1. The van der Waals surface area contributed by atoms with Crippen molar-refractivity contribution < 1.29 is 18.7 Å². The van der Waals surface area contributed by atoms with Gasteiger partial charge >= 0.3 is 0 Å². The number of aromatic nitrogens is 3. The van der Waals surface area contributed by atoms with E-state index in [-0.39, 0.29) is 25.1 Å². The lowest BCUT2D eigenvalue weighted by Gasteiger charge is -2.33. The third-order valence-corrected chi connectivity index (χ3v) is 6.66. The van der Waals surface area contributed by atoms with Crippen molar-refractivity contribution in [2.45, 2.75) is 58.4 Å². The van der Waals surface area contributed by atoms with Crippen LogP contribution in [0.2, 0.25) is 0 Å². The Morgan fingerprint density at radius 1 is 1.21 bits per heavy atom. The number of nitrogens with two attached hydrogens (primary N) is 1. The Hall–Kier alpha value is -3.37. The number of hydrogen-bond acceptors (Lipinski definition) is 8. The zero-order chi connectivity index (χ0) is 26.9. The number of pyridine rings is 1. The number of carbonyl (C=O) groups excluding carboxylic acids is 1. The van der Waals surface area contributed by atoms with Crippen LogP contribution in [-0.4, -0.2) is 70.8 Å². The normalized spacial score (nSPS) is 16.9. The number of likely N-dealkylation sites (tertiary alicyclic amines) is 1. The third kappa shape index (κ3) is 6.93. The van der Waals surface area contributed by atoms with Crippen LogP contribution in [0.1, 0.15) is 45.4 Å². The van der Waals surface area contributed by atoms with Crippen LogP contribution in [0.15, 0.2) is 36.8 Å². The maximum absolute atomic E-state index is 15.0. The van der Waals surface area contributed by atoms with Crippen molar-refractivity contribution in [2.75, 3.05) is 38.6 Å². The number of nitrogen functional groups attached to an aromatic ring is 1. The number of likely N-dealkylation sites (N-methyl/N-ethyl adjacent to an activating group) is 1. The molecule has 1 unspecified atom stereocenters. The zero-order valence-corrected chi connectivity index (χ0v) is 22.2. The molecule has 204 valence electrons. The molecule has 1 saturated heterocycles. The SMILES string of the molecule is CCCOCc1ncc(-c2ccc3ncc(N)cc3c2OCC(F)CNC(=O)[C@@H]2CCCCN2CC)cn1. The molecule has 0 spiro atoms. The molecule has 2 atom stereocenters. The lowest BCUT2D eigenvalue weighted by Crippen LogP contribution is -2.50. The molecule has 3 aromatic rings. The molecule has 1 aliphatic rings. The van der Waals surface area contributed by atoms with Crippen LogP contribution >= 0.6 is 0 Å². The molecule has 1 amide bonds. The van der Waals surface area contributed by atoms with E-state index in [4.69, 9.17) is 15.2 Å². The average Bonchev–Trinajstić information content (AvgIpc) is 2.95. The van der Waals surface area contributed by atoms with Crippen LogP contribution in [0.3, 0.4) is 0 Å². The lowest BCUT2D eigenvalue weighted by molar-refractivity contribution is -0.127. The van der Waals surface area contributed by atoms with Gasteiger partial charge in [-0.05, 0) is 50.6 Å². The van der Waals surface area contributed by atoms with Gasteiger partial charge in [0.15, 0.2) is 12.0 Å². The fraction of sp³-hybridized carbons (Fsp3) is 0.500. The van der Waals surface area contributed by atoms with E-state index in [1.54, 1.807) is 24.7 Å². The number of hydrogen-bond donors (Lipinski definition) is 2. The van der Waals surface area contributed by atoms with Gasteiger partial charge < -0.3 is 20.5 Å². The Balaban J connectivity index is 1.47. The molecular weight excluding hydrogens is 487 g/mol. The number of alkyl halides is 1. The van der Waals surface area contributed by atoms with Crippen LogP contribution in [0, 0.1) is 0 Å². The van der Waals surface area contributed by atoms with Gasteiger partial charge in [-0.25, -0.2) is 14.4 Å². The highest BCUT2D eigenvalue weighted by atomic mass is 19.1. The molecule has 0 saturated carbocycles. The summed E-state index contributed by atoms with van der Waals surface area (Å²) < 4.78 is 26.5. The van der Waals surface area contributed by atoms with Gasteiger partial charge in [0, 0.05) is 35.5 Å². The van der Waals surface area contributed by atoms with Crippen molar-refractivity contribution in [1.29, 1.82) is 0 Å². The van der Waals surface area contributed by atoms with Crippen LogP contribution < -0.4 is 15.8 Å². The number of fused-ring (bicyclic) bond motifs is 1. The minimum Gasteiger partial charge on any atom is -0.489 e. The van der Waals surface area contributed by atoms with Crippen LogP contribution in [0.25, 0.3) is 22.0 Å². The second kappa shape index (κ2) is 13.4. The predicted molar refractivity (Wildman–Crippen MR) is 145 cm³/mol. The molecule has 0 bridgehead atoms. The number of carbonyl (C=O) groups is 1. The first kappa shape index (κ1) is 27.7.